The molecule has 7 heteroatoms. The molecule has 2 aliphatic heterocycles. The number of carboxylic acid groups (broad SMARTS) is 1. The quantitative estimate of drug-likeness (QED) is 0.334. The SMILES string of the molecule is CN1CCc2cc(COC3CN(C(=O)[O-])CCC3c3ccc(OCCCOCc4ccccc4)cc3)ccc2C1. The van der Waals surface area contributed by atoms with Crippen LogP contribution in [0.5, 0.6) is 5.75 Å². The highest BCUT2D eigenvalue weighted by Crippen LogP contribution is 2.32. The number of likely N-dealkylation sites (tertiary alicyclic amines) is 1. The van der Waals surface area contributed by atoms with Crippen LogP contribution in [0.4, 0.5) is 4.79 Å². The summed E-state index contributed by atoms with van der Waals surface area (Å²) >= 11 is 0. The van der Waals surface area contributed by atoms with Gasteiger partial charge >= 0.3 is 0 Å². The molecule has 0 aliphatic carbocycles. The van der Waals surface area contributed by atoms with Gasteiger partial charge in [-0.2, -0.15) is 0 Å². The Morgan fingerprint density at radius 3 is 2.55 bits per heavy atom. The van der Waals surface area contributed by atoms with E-state index in [4.69, 9.17) is 14.2 Å². The van der Waals surface area contributed by atoms with Gasteiger partial charge in [-0.3, -0.25) is 0 Å². The predicted octanol–water partition coefficient (Wildman–Crippen LogP) is 4.38. The number of nitrogens with zero attached hydrogens (tertiary/aromatic N) is 2. The first-order valence-electron chi connectivity index (χ1n) is 14.3. The monoisotopic (exact) mass is 543 g/mol. The maximum atomic E-state index is 11.6. The summed E-state index contributed by atoms with van der Waals surface area (Å²) in [5.41, 5.74) is 6.19. The summed E-state index contributed by atoms with van der Waals surface area (Å²) in [5, 5.41) is 11.6. The number of carbonyl (C=O) groups excluding carboxylic acids is 1. The van der Waals surface area contributed by atoms with Crippen LogP contribution in [0, 0.1) is 0 Å². The third-order valence-electron chi connectivity index (χ3n) is 7.88. The van der Waals surface area contributed by atoms with E-state index in [1.807, 2.05) is 30.3 Å². The second-order valence-electron chi connectivity index (χ2n) is 10.9. The molecule has 3 aromatic rings. The van der Waals surface area contributed by atoms with Gasteiger partial charge in [-0.25, -0.2) is 0 Å². The lowest BCUT2D eigenvalue weighted by Crippen LogP contribution is -2.51. The van der Waals surface area contributed by atoms with Crippen molar-refractivity contribution in [2.75, 3.05) is 39.9 Å². The van der Waals surface area contributed by atoms with E-state index >= 15 is 0 Å². The highest BCUT2D eigenvalue weighted by atomic mass is 16.5. The summed E-state index contributed by atoms with van der Waals surface area (Å²) in [5.74, 6) is 0.915. The van der Waals surface area contributed by atoms with Gasteiger partial charge in [0.05, 0.1) is 32.5 Å². The fraction of sp³-hybridized carbons (Fsp3) is 0.424. The molecule has 2 atom stereocenters. The van der Waals surface area contributed by atoms with Crippen LogP contribution in [0.3, 0.4) is 0 Å². The van der Waals surface area contributed by atoms with E-state index in [2.05, 4.69) is 54.4 Å². The minimum absolute atomic E-state index is 0.0994. The molecule has 2 heterocycles. The summed E-state index contributed by atoms with van der Waals surface area (Å²) in [6, 6.07) is 24.9. The number of rotatable bonds is 11. The van der Waals surface area contributed by atoms with Crippen LogP contribution in [0.15, 0.2) is 72.8 Å². The van der Waals surface area contributed by atoms with E-state index in [-0.39, 0.29) is 12.0 Å². The summed E-state index contributed by atoms with van der Waals surface area (Å²) < 4.78 is 18.1. The Morgan fingerprint density at radius 1 is 0.925 bits per heavy atom. The zero-order valence-corrected chi connectivity index (χ0v) is 23.3. The summed E-state index contributed by atoms with van der Waals surface area (Å²) in [7, 11) is 2.15. The highest BCUT2D eigenvalue weighted by Gasteiger charge is 2.31. The Bertz CT molecular complexity index is 1230. The molecule has 0 radical (unpaired) electrons. The first-order chi connectivity index (χ1) is 19.5. The van der Waals surface area contributed by atoms with Crippen LogP contribution in [-0.2, 0) is 35.7 Å². The maximum Gasteiger partial charge on any atom is 0.137 e. The normalized spacial score (nSPS) is 19.3. The number of fused-ring (bicyclic) bond motifs is 1. The van der Waals surface area contributed by atoms with Gasteiger partial charge in [0.2, 0.25) is 0 Å². The van der Waals surface area contributed by atoms with E-state index < -0.39 is 6.09 Å². The Hall–Kier alpha value is -3.39. The van der Waals surface area contributed by atoms with Crippen LogP contribution >= 0.6 is 0 Å². The van der Waals surface area contributed by atoms with Crippen molar-refractivity contribution < 1.29 is 24.1 Å². The molecule has 5 rings (SSSR count). The van der Waals surface area contributed by atoms with Crippen molar-refractivity contribution in [1.82, 2.24) is 9.80 Å². The second kappa shape index (κ2) is 13.8. The van der Waals surface area contributed by atoms with Gasteiger partial charge in [0.1, 0.15) is 11.8 Å². The Kier molecular flexibility index (Phi) is 9.71. The largest absolute Gasteiger partial charge is 0.530 e. The number of amides is 1. The van der Waals surface area contributed by atoms with Crippen LogP contribution in [0.2, 0.25) is 0 Å². The van der Waals surface area contributed by atoms with E-state index in [0.717, 1.165) is 42.8 Å². The van der Waals surface area contributed by atoms with E-state index in [9.17, 15) is 9.90 Å². The Morgan fingerprint density at radius 2 is 1.75 bits per heavy atom. The average molecular weight is 544 g/mol. The van der Waals surface area contributed by atoms with Crippen molar-refractivity contribution in [1.29, 1.82) is 0 Å². The van der Waals surface area contributed by atoms with Gasteiger partial charge in [0.15, 0.2) is 0 Å². The Balaban J connectivity index is 1.13. The molecule has 40 heavy (non-hydrogen) atoms. The summed E-state index contributed by atoms with van der Waals surface area (Å²) in [4.78, 5) is 15.3. The van der Waals surface area contributed by atoms with Crippen molar-refractivity contribution in [2.24, 2.45) is 0 Å². The number of carbonyl (C=O) groups is 1. The number of likely N-dealkylation sites (N-methyl/N-ethyl adjacent to an activating group) is 1. The van der Waals surface area contributed by atoms with Gasteiger partial charge in [-0.05, 0) is 59.8 Å². The fourth-order valence-electron chi connectivity index (χ4n) is 5.60. The molecule has 0 N–H and O–H groups in total. The van der Waals surface area contributed by atoms with Gasteiger partial charge in [0.25, 0.3) is 0 Å². The van der Waals surface area contributed by atoms with E-state index in [1.54, 1.807) is 0 Å². The number of piperidine rings is 1. The standard InChI is InChI=1S/C33H40N2O5/c1-34-16-14-28-20-26(8-9-29(28)21-34)24-40-32-22-35(33(36)37)17-15-31(32)27-10-12-30(13-11-27)39-19-5-18-38-23-25-6-3-2-4-7-25/h2-4,6-13,20,31-32H,5,14-19,21-24H2,1H3,(H,36,37)/p-1. The zero-order chi connectivity index (χ0) is 27.7. The molecule has 2 unspecified atom stereocenters. The zero-order valence-electron chi connectivity index (χ0n) is 23.3. The maximum absolute atomic E-state index is 11.6. The topological polar surface area (TPSA) is 74.3 Å². The Labute approximate surface area is 237 Å². The average Bonchev–Trinajstić information content (AvgIpc) is 2.98. The predicted molar refractivity (Wildman–Crippen MR) is 152 cm³/mol. The molecule has 0 aromatic heterocycles. The van der Waals surface area contributed by atoms with Crippen LogP contribution < -0.4 is 9.84 Å². The fourth-order valence-corrected chi connectivity index (χ4v) is 5.60. The molecule has 0 saturated carbocycles. The van der Waals surface area contributed by atoms with E-state index in [1.165, 1.54) is 21.6 Å². The number of hydrogen-bond donors (Lipinski definition) is 0. The molecule has 1 amide bonds. The molecular weight excluding hydrogens is 504 g/mol. The first kappa shape index (κ1) is 28.1. The summed E-state index contributed by atoms with van der Waals surface area (Å²) in [6.45, 7) is 5.09. The van der Waals surface area contributed by atoms with Gasteiger partial charge in [-0.1, -0.05) is 60.7 Å². The molecule has 3 aromatic carbocycles. The third kappa shape index (κ3) is 7.62. The molecule has 2 aliphatic rings. The molecular formula is C33H39N2O5-. The molecule has 0 bridgehead atoms. The number of hydrogen-bond acceptors (Lipinski definition) is 6. The number of ether oxygens (including phenoxy) is 3. The lowest BCUT2D eigenvalue weighted by molar-refractivity contribution is -0.268. The summed E-state index contributed by atoms with van der Waals surface area (Å²) in [6.07, 6.45) is 1.16. The van der Waals surface area contributed by atoms with Gasteiger partial charge in [-0.15, -0.1) is 0 Å². The van der Waals surface area contributed by atoms with Crippen molar-refractivity contribution in [2.45, 2.75) is 51.0 Å². The molecule has 1 fully saturated rings. The minimum atomic E-state index is -1.14. The first-order valence-corrected chi connectivity index (χ1v) is 14.3. The van der Waals surface area contributed by atoms with Crippen LogP contribution in [0.25, 0.3) is 0 Å². The van der Waals surface area contributed by atoms with Gasteiger partial charge < -0.3 is 33.9 Å². The van der Waals surface area contributed by atoms with Crippen LogP contribution in [-0.4, -0.2) is 61.9 Å². The lowest BCUT2D eigenvalue weighted by Gasteiger charge is -2.40. The number of benzene rings is 3. The molecule has 1 saturated heterocycles. The smallest absolute Gasteiger partial charge is 0.137 e. The minimum Gasteiger partial charge on any atom is -0.530 e. The van der Waals surface area contributed by atoms with Crippen molar-refractivity contribution in [3.63, 3.8) is 0 Å². The lowest BCUT2D eigenvalue weighted by atomic mass is 9.87. The highest BCUT2D eigenvalue weighted by molar-refractivity contribution is 5.62. The van der Waals surface area contributed by atoms with Gasteiger partial charge in [0, 0.05) is 38.5 Å². The van der Waals surface area contributed by atoms with Crippen molar-refractivity contribution in [3.05, 3.63) is 101 Å². The third-order valence-corrected chi connectivity index (χ3v) is 7.88. The van der Waals surface area contributed by atoms with E-state index in [0.29, 0.717) is 45.9 Å². The second-order valence-corrected chi connectivity index (χ2v) is 10.9. The van der Waals surface area contributed by atoms with Crippen molar-refractivity contribution in [3.8, 4) is 5.75 Å². The van der Waals surface area contributed by atoms with Crippen LogP contribution in [0.1, 0.15) is 46.6 Å². The molecule has 0 spiro atoms. The molecule has 7 nitrogen and oxygen atoms in total. The van der Waals surface area contributed by atoms with Crippen molar-refractivity contribution >= 4 is 6.09 Å². The molecule has 212 valence electrons.